The Morgan fingerprint density at radius 1 is 1.00 bits per heavy atom. The number of carboxylic acids is 1. The van der Waals surface area contributed by atoms with Crippen LogP contribution in [-0.4, -0.2) is 68.5 Å². The molecule has 28 heavy (non-hydrogen) atoms. The Kier molecular flexibility index (Phi) is 16.6. The van der Waals surface area contributed by atoms with Crippen molar-refractivity contribution in [3.05, 3.63) is 0 Å². The van der Waals surface area contributed by atoms with Gasteiger partial charge < -0.3 is 28.1 Å². The van der Waals surface area contributed by atoms with Crippen molar-refractivity contribution < 1.29 is 32.4 Å². The monoisotopic (exact) mass is 437 g/mol. The lowest BCUT2D eigenvalue weighted by molar-refractivity contribution is -0.144. The van der Waals surface area contributed by atoms with E-state index in [1.54, 1.807) is 0 Å². The highest BCUT2D eigenvalue weighted by atomic mass is 28.4. The predicted molar refractivity (Wildman–Crippen MR) is 113 cm³/mol. The summed E-state index contributed by atoms with van der Waals surface area (Å²) in [6, 6.07) is 1.56. The smallest absolute Gasteiger partial charge is 0.481 e. The Bertz CT molecular complexity index is 410. The molecule has 10 heteroatoms. The molecule has 0 aromatic carbocycles. The molecular weight excluding hydrogens is 398 g/mol. The number of carbonyl (C=O) groups excluding carboxylic acids is 1. The van der Waals surface area contributed by atoms with Crippen molar-refractivity contribution in [1.29, 1.82) is 0 Å². The van der Waals surface area contributed by atoms with Gasteiger partial charge in [0.05, 0.1) is 5.92 Å². The maximum absolute atomic E-state index is 12.1. The van der Waals surface area contributed by atoms with Crippen LogP contribution in [0.4, 0.5) is 0 Å². The zero-order valence-corrected chi connectivity index (χ0v) is 20.4. The van der Waals surface area contributed by atoms with Crippen LogP contribution in [0.2, 0.25) is 12.1 Å². The first-order chi connectivity index (χ1) is 13.4. The van der Waals surface area contributed by atoms with E-state index in [1.807, 2.05) is 27.7 Å². The number of amides is 1. The number of hydrogen-bond acceptors (Lipinski definition) is 6. The minimum atomic E-state index is -2.70. The van der Waals surface area contributed by atoms with Crippen molar-refractivity contribution in [3.8, 4) is 0 Å². The van der Waals surface area contributed by atoms with Crippen molar-refractivity contribution >= 4 is 30.4 Å². The highest BCUT2D eigenvalue weighted by molar-refractivity contribution is 6.60. The lowest BCUT2D eigenvalue weighted by atomic mass is 9.99. The van der Waals surface area contributed by atoms with Crippen LogP contribution in [0.25, 0.3) is 0 Å². The lowest BCUT2D eigenvalue weighted by Gasteiger charge is -2.28. The van der Waals surface area contributed by atoms with Gasteiger partial charge in [0.1, 0.15) is 0 Å². The van der Waals surface area contributed by atoms with E-state index in [2.05, 4.69) is 5.32 Å². The van der Waals surface area contributed by atoms with Gasteiger partial charge in [-0.3, -0.25) is 9.59 Å². The Hall–Kier alpha value is -0.786. The van der Waals surface area contributed by atoms with E-state index in [4.69, 9.17) is 17.7 Å². The Morgan fingerprint density at radius 2 is 1.61 bits per heavy atom. The molecule has 0 heterocycles. The molecule has 0 fully saturated rings. The van der Waals surface area contributed by atoms with E-state index in [0.717, 1.165) is 19.1 Å². The molecule has 1 amide bonds. The second-order valence-electron chi connectivity index (χ2n) is 6.37. The van der Waals surface area contributed by atoms with Crippen molar-refractivity contribution in [2.45, 2.75) is 65.5 Å². The number of nitrogens with one attached hydrogen (secondary N) is 1. The molecule has 0 aliphatic heterocycles. The van der Waals surface area contributed by atoms with Gasteiger partial charge in [0, 0.05) is 45.4 Å². The maximum atomic E-state index is 12.1. The third-order valence-electron chi connectivity index (χ3n) is 4.15. The highest BCUT2D eigenvalue weighted by Gasteiger charge is 2.39. The van der Waals surface area contributed by atoms with Crippen LogP contribution in [0.5, 0.6) is 0 Å². The van der Waals surface area contributed by atoms with Crippen LogP contribution >= 0.6 is 0 Å². The van der Waals surface area contributed by atoms with Gasteiger partial charge in [0.25, 0.3) is 0 Å². The fourth-order valence-corrected chi connectivity index (χ4v) is 6.48. The number of hydrogen-bond donors (Lipinski definition) is 2. The standard InChI is InChI=1S/C18H39NO7Si2/c1-5-23-27-13-9-11-16(18(21)22)15-17(20)19-12-10-14-28(24-6-2,25-7-3)26-8-4/h16H,5-15,27H2,1-4H3,(H,19,20)(H,21,22). The normalized spacial score (nSPS) is 13.1. The number of aliphatic carboxylic acids is 1. The molecule has 1 atom stereocenters. The van der Waals surface area contributed by atoms with Crippen LogP contribution < -0.4 is 5.32 Å². The van der Waals surface area contributed by atoms with Crippen molar-refractivity contribution in [3.63, 3.8) is 0 Å². The largest absolute Gasteiger partial charge is 0.500 e. The first-order valence-electron chi connectivity index (χ1n) is 10.4. The topological polar surface area (TPSA) is 103 Å². The summed E-state index contributed by atoms with van der Waals surface area (Å²) in [4.78, 5) is 23.5. The van der Waals surface area contributed by atoms with Gasteiger partial charge in [-0.1, -0.05) is 6.42 Å². The third kappa shape index (κ3) is 12.6. The van der Waals surface area contributed by atoms with Crippen molar-refractivity contribution in [2.75, 3.05) is 33.0 Å². The quantitative estimate of drug-likeness (QED) is 0.235. The lowest BCUT2D eigenvalue weighted by Crippen LogP contribution is -2.46. The summed E-state index contributed by atoms with van der Waals surface area (Å²) in [6.45, 7) is 10.4. The van der Waals surface area contributed by atoms with Gasteiger partial charge >= 0.3 is 14.8 Å². The summed E-state index contributed by atoms with van der Waals surface area (Å²) in [5, 5.41) is 12.2. The fraction of sp³-hybridized carbons (Fsp3) is 0.889. The Labute approximate surface area is 173 Å². The van der Waals surface area contributed by atoms with E-state index < -0.39 is 30.5 Å². The van der Waals surface area contributed by atoms with E-state index in [0.29, 0.717) is 45.3 Å². The van der Waals surface area contributed by atoms with Crippen LogP contribution in [0.15, 0.2) is 0 Å². The molecule has 1 unspecified atom stereocenters. The molecule has 0 aromatic rings. The second-order valence-corrected chi connectivity index (χ2v) is 10.6. The molecule has 0 saturated heterocycles. The van der Waals surface area contributed by atoms with Gasteiger partial charge in [0.15, 0.2) is 9.76 Å². The molecular formula is C18H39NO7Si2. The zero-order valence-electron chi connectivity index (χ0n) is 18.0. The first kappa shape index (κ1) is 27.2. The number of carbonyl (C=O) groups is 2. The predicted octanol–water partition coefficient (Wildman–Crippen LogP) is 1.95. The van der Waals surface area contributed by atoms with E-state index >= 15 is 0 Å². The van der Waals surface area contributed by atoms with Crippen LogP contribution in [0, 0.1) is 5.92 Å². The molecule has 0 radical (unpaired) electrons. The summed E-state index contributed by atoms with van der Waals surface area (Å²) in [6.07, 6.45) is 1.98. The Balaban J connectivity index is 4.29. The van der Waals surface area contributed by atoms with Gasteiger partial charge in [-0.15, -0.1) is 0 Å². The molecule has 8 nitrogen and oxygen atoms in total. The summed E-state index contributed by atoms with van der Waals surface area (Å²) >= 11 is 0. The molecule has 0 rings (SSSR count). The summed E-state index contributed by atoms with van der Waals surface area (Å²) in [5.74, 6) is -1.78. The van der Waals surface area contributed by atoms with E-state index in [9.17, 15) is 14.7 Å². The molecule has 2 N–H and O–H groups in total. The third-order valence-corrected chi connectivity index (χ3v) is 8.79. The van der Waals surface area contributed by atoms with Crippen molar-refractivity contribution in [1.82, 2.24) is 5.32 Å². The number of carboxylic acid groups (broad SMARTS) is 1. The van der Waals surface area contributed by atoms with E-state index in [-0.39, 0.29) is 12.3 Å². The van der Waals surface area contributed by atoms with Gasteiger partial charge in [-0.05, 0) is 46.6 Å². The molecule has 0 spiro atoms. The SMILES string of the molecule is CCO[SiH2]CCCC(CC(=O)NCCC[Si](OCC)(OCC)OCC)C(=O)O. The fourth-order valence-electron chi connectivity index (χ4n) is 2.88. The molecule has 0 aromatic heterocycles. The van der Waals surface area contributed by atoms with Gasteiger partial charge in [-0.2, -0.15) is 0 Å². The summed E-state index contributed by atoms with van der Waals surface area (Å²) in [7, 11) is -3.25. The molecule has 166 valence electrons. The van der Waals surface area contributed by atoms with Crippen LogP contribution in [0.1, 0.15) is 53.4 Å². The minimum Gasteiger partial charge on any atom is -0.481 e. The van der Waals surface area contributed by atoms with Crippen LogP contribution in [0.3, 0.4) is 0 Å². The van der Waals surface area contributed by atoms with Gasteiger partial charge in [0.2, 0.25) is 5.91 Å². The maximum Gasteiger partial charge on any atom is 0.500 e. The first-order valence-corrected chi connectivity index (χ1v) is 13.9. The van der Waals surface area contributed by atoms with E-state index in [1.165, 1.54) is 0 Å². The average Bonchev–Trinajstić information content (AvgIpc) is 2.64. The number of rotatable bonds is 19. The molecule has 0 bridgehead atoms. The van der Waals surface area contributed by atoms with Gasteiger partial charge in [-0.25, -0.2) is 0 Å². The minimum absolute atomic E-state index is 0.0104. The zero-order chi connectivity index (χ0) is 21.3. The molecule has 0 saturated carbocycles. The second kappa shape index (κ2) is 17.1. The average molecular weight is 438 g/mol. The molecule has 0 aliphatic carbocycles. The highest BCUT2D eigenvalue weighted by Crippen LogP contribution is 2.18. The summed E-state index contributed by atoms with van der Waals surface area (Å²) < 4.78 is 22.7. The van der Waals surface area contributed by atoms with Crippen molar-refractivity contribution in [2.24, 2.45) is 5.92 Å². The summed E-state index contributed by atoms with van der Waals surface area (Å²) in [5.41, 5.74) is 0. The molecule has 0 aliphatic rings. The van der Waals surface area contributed by atoms with Crippen LogP contribution in [-0.2, 0) is 27.3 Å². The Morgan fingerprint density at radius 3 is 2.11 bits per heavy atom.